The van der Waals surface area contributed by atoms with Gasteiger partial charge in [-0.1, -0.05) is 13.8 Å². The predicted molar refractivity (Wildman–Crippen MR) is 40.0 cm³/mol. The van der Waals surface area contributed by atoms with Gasteiger partial charge in [-0.2, -0.15) is 0 Å². The van der Waals surface area contributed by atoms with Crippen LogP contribution < -0.4 is 5.32 Å². The zero-order valence-corrected chi connectivity index (χ0v) is 6.41. The maximum absolute atomic E-state index is 3.51. The zero-order chi connectivity index (χ0) is 6.69. The Morgan fingerprint density at radius 2 is 1.89 bits per heavy atom. The van der Waals surface area contributed by atoms with Crippen molar-refractivity contribution in [1.29, 1.82) is 0 Å². The van der Waals surface area contributed by atoms with Crippen LogP contribution in [0.15, 0.2) is 0 Å². The van der Waals surface area contributed by atoms with Gasteiger partial charge in [0.15, 0.2) is 0 Å². The highest BCUT2D eigenvalue weighted by Gasteiger charge is 2.23. The number of hydrogen-bond donors (Lipinski definition) is 1. The van der Waals surface area contributed by atoms with Crippen molar-refractivity contribution in [2.45, 2.75) is 45.6 Å². The third-order valence-corrected chi connectivity index (χ3v) is 1.89. The molecule has 9 heavy (non-hydrogen) atoms. The van der Waals surface area contributed by atoms with Crippen molar-refractivity contribution < 1.29 is 0 Å². The quantitative estimate of drug-likeness (QED) is 0.608. The number of hydrogen-bond acceptors (Lipinski definition) is 1. The molecule has 0 bridgehead atoms. The Morgan fingerprint density at radius 3 is 2.22 bits per heavy atom. The molecule has 1 fully saturated rings. The monoisotopic (exact) mass is 126 g/mol. The minimum atomic E-state index is 0.752. The highest BCUT2D eigenvalue weighted by atomic mass is 15.0. The molecule has 0 heterocycles. The van der Waals surface area contributed by atoms with Crippen LogP contribution in [0.1, 0.15) is 39.5 Å². The highest BCUT2D eigenvalue weighted by Crippen LogP contribution is 2.29. The summed E-state index contributed by atoms with van der Waals surface area (Å²) in [7, 11) is 0. The molecule has 1 aliphatic rings. The van der Waals surface area contributed by atoms with E-state index in [9.17, 15) is 0 Å². The molecular formula is C8H16N. The second-order valence-electron chi connectivity index (χ2n) is 2.76. The van der Waals surface area contributed by atoms with Crippen LogP contribution >= 0.6 is 0 Å². The molecule has 1 rings (SSSR count). The van der Waals surface area contributed by atoms with E-state index in [0.29, 0.717) is 0 Å². The standard InChI is InChI=1S/C8H16N/c1-3-7(4-2)9-8-5-6-8/h7,9H,3-6H2,1-2H3. The fraction of sp³-hybridized carbons (Fsp3) is 0.875. The van der Waals surface area contributed by atoms with E-state index in [4.69, 9.17) is 0 Å². The van der Waals surface area contributed by atoms with Crippen LogP contribution in [0.3, 0.4) is 0 Å². The first-order valence-corrected chi connectivity index (χ1v) is 3.98. The Labute approximate surface area is 57.8 Å². The van der Waals surface area contributed by atoms with E-state index in [0.717, 1.165) is 6.04 Å². The van der Waals surface area contributed by atoms with Crippen LogP contribution in [-0.2, 0) is 0 Å². The second kappa shape index (κ2) is 3.21. The topological polar surface area (TPSA) is 12.0 Å². The van der Waals surface area contributed by atoms with Gasteiger partial charge in [0.1, 0.15) is 0 Å². The summed E-state index contributed by atoms with van der Waals surface area (Å²) in [6.45, 7) is 4.48. The van der Waals surface area contributed by atoms with E-state index in [-0.39, 0.29) is 0 Å². The fourth-order valence-corrected chi connectivity index (χ4v) is 0.988. The van der Waals surface area contributed by atoms with Gasteiger partial charge in [0.05, 0.1) is 0 Å². The van der Waals surface area contributed by atoms with Gasteiger partial charge in [-0.05, 0) is 25.7 Å². The largest absolute Gasteiger partial charge is 0.307 e. The Balaban J connectivity index is 2.05. The van der Waals surface area contributed by atoms with Crippen LogP contribution in [0.5, 0.6) is 0 Å². The lowest BCUT2D eigenvalue weighted by atomic mass is 10.2. The summed E-state index contributed by atoms with van der Waals surface area (Å²) in [6.07, 6.45) is 5.19. The maximum atomic E-state index is 3.51. The predicted octanol–water partition coefficient (Wildman–Crippen LogP) is 2.09. The van der Waals surface area contributed by atoms with Crippen molar-refractivity contribution in [3.8, 4) is 0 Å². The van der Waals surface area contributed by atoms with Crippen LogP contribution in [0, 0.1) is 6.04 Å². The van der Waals surface area contributed by atoms with Gasteiger partial charge in [-0.25, -0.2) is 0 Å². The minimum Gasteiger partial charge on any atom is -0.307 e. The third kappa shape index (κ3) is 2.35. The number of rotatable bonds is 4. The Hall–Kier alpha value is -0.0400. The lowest BCUT2D eigenvalue weighted by Crippen LogP contribution is -2.25. The summed E-state index contributed by atoms with van der Waals surface area (Å²) < 4.78 is 0. The molecule has 0 aromatic heterocycles. The molecule has 1 N–H and O–H groups in total. The van der Waals surface area contributed by atoms with Crippen molar-refractivity contribution in [1.82, 2.24) is 5.32 Å². The Bertz CT molecular complexity index is 72.6. The molecule has 0 aliphatic heterocycles. The van der Waals surface area contributed by atoms with Gasteiger partial charge in [0.25, 0.3) is 0 Å². The molecule has 0 amide bonds. The van der Waals surface area contributed by atoms with Gasteiger partial charge in [-0.3, -0.25) is 0 Å². The molecule has 1 saturated carbocycles. The van der Waals surface area contributed by atoms with Crippen molar-refractivity contribution in [3.63, 3.8) is 0 Å². The van der Waals surface area contributed by atoms with Crippen LogP contribution in [0.2, 0.25) is 0 Å². The van der Waals surface area contributed by atoms with E-state index >= 15 is 0 Å². The second-order valence-corrected chi connectivity index (χ2v) is 2.76. The molecule has 1 aliphatic carbocycles. The van der Waals surface area contributed by atoms with E-state index in [1.54, 1.807) is 6.04 Å². The van der Waals surface area contributed by atoms with Crippen molar-refractivity contribution in [3.05, 3.63) is 6.04 Å². The third-order valence-electron chi connectivity index (χ3n) is 1.89. The lowest BCUT2D eigenvalue weighted by Gasteiger charge is -2.12. The van der Waals surface area contributed by atoms with Crippen LogP contribution in [0.25, 0.3) is 0 Å². The first-order chi connectivity index (χ1) is 4.36. The normalized spacial score (nSPS) is 19.0. The summed E-state index contributed by atoms with van der Waals surface area (Å²) in [5.41, 5.74) is 0. The average molecular weight is 126 g/mol. The van der Waals surface area contributed by atoms with Crippen molar-refractivity contribution in [2.24, 2.45) is 0 Å². The molecule has 1 radical (unpaired) electrons. The Morgan fingerprint density at radius 1 is 1.33 bits per heavy atom. The molecule has 0 aromatic rings. The summed E-state index contributed by atoms with van der Waals surface area (Å²) in [6, 6.07) is 2.33. The minimum absolute atomic E-state index is 0.752. The van der Waals surface area contributed by atoms with E-state index in [1.165, 1.54) is 25.7 Å². The van der Waals surface area contributed by atoms with Gasteiger partial charge < -0.3 is 5.32 Å². The van der Waals surface area contributed by atoms with Crippen LogP contribution in [0.4, 0.5) is 0 Å². The van der Waals surface area contributed by atoms with Crippen molar-refractivity contribution >= 4 is 0 Å². The van der Waals surface area contributed by atoms with E-state index < -0.39 is 0 Å². The van der Waals surface area contributed by atoms with Crippen LogP contribution in [-0.4, -0.2) is 6.04 Å². The first kappa shape index (κ1) is 7.07. The SMILES string of the molecule is CCC(CC)N[C]1CC1. The number of nitrogens with one attached hydrogen (secondary N) is 1. The van der Waals surface area contributed by atoms with Gasteiger partial charge in [0.2, 0.25) is 0 Å². The Kier molecular flexibility index (Phi) is 2.52. The molecule has 1 nitrogen and oxygen atoms in total. The fourth-order valence-electron chi connectivity index (χ4n) is 0.988. The lowest BCUT2D eigenvalue weighted by molar-refractivity contribution is 0.521. The van der Waals surface area contributed by atoms with Crippen molar-refractivity contribution in [2.75, 3.05) is 0 Å². The summed E-state index contributed by atoms with van der Waals surface area (Å²) >= 11 is 0. The highest BCUT2D eigenvalue weighted by molar-refractivity contribution is 5.03. The summed E-state index contributed by atoms with van der Waals surface area (Å²) in [4.78, 5) is 0. The van der Waals surface area contributed by atoms with E-state index in [2.05, 4.69) is 19.2 Å². The van der Waals surface area contributed by atoms with Gasteiger partial charge in [-0.15, -0.1) is 0 Å². The molecule has 0 saturated heterocycles. The molecule has 0 atom stereocenters. The average Bonchev–Trinajstić information content (AvgIpc) is 2.66. The first-order valence-electron chi connectivity index (χ1n) is 3.98. The molecule has 53 valence electrons. The molecule has 0 unspecified atom stereocenters. The van der Waals surface area contributed by atoms with Gasteiger partial charge >= 0.3 is 0 Å². The zero-order valence-electron chi connectivity index (χ0n) is 6.41. The summed E-state index contributed by atoms with van der Waals surface area (Å²) in [5.74, 6) is 0. The molecule has 0 aromatic carbocycles. The van der Waals surface area contributed by atoms with Gasteiger partial charge in [0, 0.05) is 12.1 Å². The smallest absolute Gasteiger partial charge is 0.0367 e. The maximum Gasteiger partial charge on any atom is 0.0367 e. The molecule has 0 spiro atoms. The van der Waals surface area contributed by atoms with E-state index in [1.807, 2.05) is 0 Å². The molecule has 1 heteroatoms. The summed E-state index contributed by atoms with van der Waals surface area (Å²) in [5, 5.41) is 3.51. The molecular weight excluding hydrogens is 110 g/mol.